The lowest BCUT2D eigenvalue weighted by Crippen LogP contribution is -2.43. The number of nitrogens with zero attached hydrogens (tertiary/aromatic N) is 1. The summed E-state index contributed by atoms with van der Waals surface area (Å²) in [6, 6.07) is 0. The van der Waals surface area contributed by atoms with Crippen LogP contribution in [-0.2, 0) is 0 Å². The summed E-state index contributed by atoms with van der Waals surface area (Å²) in [5.74, 6) is 0.149. The molecule has 0 radical (unpaired) electrons. The summed E-state index contributed by atoms with van der Waals surface area (Å²) in [5, 5.41) is 0.820. The number of hydrogen-bond acceptors (Lipinski definition) is 3. The van der Waals surface area contributed by atoms with E-state index in [2.05, 4.69) is 21.4 Å². The van der Waals surface area contributed by atoms with E-state index in [-0.39, 0.29) is 10.3 Å². The van der Waals surface area contributed by atoms with Gasteiger partial charge in [-0.25, -0.2) is 0 Å². The fourth-order valence-electron chi connectivity index (χ4n) is 0.861. The molecule has 0 saturated carbocycles. The molecule has 0 aromatic heterocycles. The third kappa shape index (κ3) is 2.09. The number of allylic oxidation sites excluding steroid dienone is 3. The molecule has 3 nitrogen and oxygen atoms in total. The highest BCUT2D eigenvalue weighted by molar-refractivity contribution is 9.11. The van der Waals surface area contributed by atoms with Gasteiger partial charge < -0.3 is 5.73 Å². The van der Waals surface area contributed by atoms with Crippen LogP contribution in [0.4, 0.5) is 13.2 Å². The van der Waals surface area contributed by atoms with Crippen LogP contribution in [0.1, 0.15) is 0 Å². The number of hydrogen-bond donors (Lipinski definition) is 2. The zero-order valence-corrected chi connectivity index (χ0v) is 8.20. The molecule has 0 fully saturated rings. The summed E-state index contributed by atoms with van der Waals surface area (Å²) in [5.41, 5.74) is 6.89. The summed E-state index contributed by atoms with van der Waals surface area (Å²) in [4.78, 5) is 0. The van der Waals surface area contributed by atoms with E-state index in [1.807, 2.05) is 0 Å². The van der Waals surface area contributed by atoms with Gasteiger partial charge in [0.25, 0.3) is 0 Å². The van der Waals surface area contributed by atoms with Crippen molar-refractivity contribution in [3.63, 3.8) is 0 Å². The van der Waals surface area contributed by atoms with E-state index >= 15 is 0 Å². The highest BCUT2D eigenvalue weighted by Crippen LogP contribution is 2.31. The van der Waals surface area contributed by atoms with Crippen molar-refractivity contribution < 1.29 is 13.2 Å². The molecule has 13 heavy (non-hydrogen) atoms. The van der Waals surface area contributed by atoms with Crippen molar-refractivity contribution in [1.82, 2.24) is 10.4 Å². The Bertz CT molecular complexity index is 281. The second-order valence-corrected chi connectivity index (χ2v) is 3.31. The van der Waals surface area contributed by atoms with Crippen molar-refractivity contribution in [1.29, 1.82) is 0 Å². The number of nitrogens with one attached hydrogen (secondary N) is 1. The predicted molar refractivity (Wildman–Crippen MR) is 45.2 cm³/mol. The van der Waals surface area contributed by atoms with E-state index in [1.54, 1.807) is 0 Å². The van der Waals surface area contributed by atoms with Crippen LogP contribution in [0.25, 0.3) is 0 Å². The molecule has 74 valence electrons. The second kappa shape index (κ2) is 3.13. The molecule has 1 aliphatic heterocycles. The molecule has 0 unspecified atom stereocenters. The standard InChI is InChI=1S/C6H7BrF3N3/c1-13-4(6(8,9)10)2-3(7)5(11)12-13/h2,12H,11H2,1H3. The van der Waals surface area contributed by atoms with Gasteiger partial charge in [0.05, 0.1) is 4.48 Å². The van der Waals surface area contributed by atoms with Gasteiger partial charge in [0, 0.05) is 7.05 Å². The van der Waals surface area contributed by atoms with Crippen LogP contribution in [0.3, 0.4) is 0 Å². The van der Waals surface area contributed by atoms with Crippen molar-refractivity contribution in [2.24, 2.45) is 5.73 Å². The van der Waals surface area contributed by atoms with Gasteiger partial charge in [-0.15, -0.1) is 0 Å². The minimum Gasteiger partial charge on any atom is -0.383 e. The van der Waals surface area contributed by atoms with Crippen molar-refractivity contribution in [3.05, 3.63) is 22.1 Å². The van der Waals surface area contributed by atoms with Crippen LogP contribution in [-0.4, -0.2) is 18.2 Å². The average Bonchev–Trinajstić information content (AvgIpc) is 1.94. The molecule has 1 heterocycles. The van der Waals surface area contributed by atoms with Crippen molar-refractivity contribution in [2.45, 2.75) is 6.18 Å². The Morgan fingerprint density at radius 1 is 1.54 bits per heavy atom. The lowest BCUT2D eigenvalue weighted by molar-refractivity contribution is -0.113. The Labute approximate surface area is 81.2 Å². The smallest absolute Gasteiger partial charge is 0.383 e. The van der Waals surface area contributed by atoms with E-state index in [4.69, 9.17) is 5.73 Å². The maximum absolute atomic E-state index is 12.3. The molecular formula is C6H7BrF3N3. The molecule has 1 aliphatic rings. The SMILES string of the molecule is CN1NC(N)=C(Br)C=C1C(F)(F)F. The van der Waals surface area contributed by atoms with Gasteiger partial charge >= 0.3 is 6.18 Å². The molecule has 0 aromatic rings. The van der Waals surface area contributed by atoms with Crippen LogP contribution in [0.15, 0.2) is 22.1 Å². The van der Waals surface area contributed by atoms with Crippen LogP contribution < -0.4 is 11.2 Å². The van der Waals surface area contributed by atoms with Crippen LogP contribution in [0.5, 0.6) is 0 Å². The van der Waals surface area contributed by atoms with Crippen molar-refractivity contribution in [2.75, 3.05) is 7.05 Å². The Morgan fingerprint density at radius 2 is 2.08 bits per heavy atom. The highest BCUT2D eigenvalue weighted by atomic mass is 79.9. The van der Waals surface area contributed by atoms with Crippen LogP contribution in [0, 0.1) is 0 Å². The third-order valence-corrected chi connectivity index (χ3v) is 2.12. The Kier molecular flexibility index (Phi) is 2.47. The Morgan fingerprint density at radius 3 is 2.54 bits per heavy atom. The summed E-state index contributed by atoms with van der Waals surface area (Å²) in [7, 11) is 1.24. The number of nitrogens with two attached hydrogens (primary N) is 1. The molecule has 7 heteroatoms. The third-order valence-electron chi connectivity index (χ3n) is 1.46. The normalized spacial score (nSPS) is 18.5. The average molecular weight is 258 g/mol. The van der Waals surface area contributed by atoms with Gasteiger partial charge in [-0.05, 0) is 22.0 Å². The van der Waals surface area contributed by atoms with Crippen molar-refractivity contribution >= 4 is 15.9 Å². The minimum absolute atomic E-state index is 0.149. The Balaban J connectivity index is 3.04. The maximum Gasteiger partial charge on any atom is 0.432 e. The van der Waals surface area contributed by atoms with E-state index in [0.29, 0.717) is 0 Å². The number of rotatable bonds is 0. The highest BCUT2D eigenvalue weighted by Gasteiger charge is 2.38. The number of halogens is 4. The van der Waals surface area contributed by atoms with Gasteiger partial charge in [-0.2, -0.15) is 13.2 Å². The first kappa shape index (κ1) is 10.2. The van der Waals surface area contributed by atoms with E-state index < -0.39 is 11.9 Å². The maximum atomic E-state index is 12.3. The van der Waals surface area contributed by atoms with Gasteiger partial charge in [0.2, 0.25) is 0 Å². The number of alkyl halides is 3. The van der Waals surface area contributed by atoms with E-state index in [9.17, 15) is 13.2 Å². The van der Waals surface area contributed by atoms with E-state index in [1.165, 1.54) is 7.05 Å². The Hall–Kier alpha value is -0.850. The van der Waals surface area contributed by atoms with Crippen LogP contribution >= 0.6 is 15.9 Å². The molecule has 0 amide bonds. The summed E-state index contributed by atoms with van der Waals surface area (Å²) in [6.07, 6.45) is -3.46. The summed E-state index contributed by atoms with van der Waals surface area (Å²) < 4.78 is 37.0. The second-order valence-electron chi connectivity index (χ2n) is 2.46. The molecule has 3 N–H and O–H groups in total. The molecule has 0 aliphatic carbocycles. The lowest BCUT2D eigenvalue weighted by atomic mass is 10.3. The fourth-order valence-corrected chi connectivity index (χ4v) is 1.17. The quantitative estimate of drug-likeness (QED) is 0.690. The molecule has 0 bridgehead atoms. The molecule has 0 aromatic carbocycles. The van der Waals surface area contributed by atoms with E-state index in [0.717, 1.165) is 11.1 Å². The first-order valence-corrected chi connectivity index (χ1v) is 4.06. The molecular weight excluding hydrogens is 251 g/mol. The predicted octanol–water partition coefficient (Wildman–Crippen LogP) is 1.41. The zero-order chi connectivity index (χ0) is 10.2. The fraction of sp³-hybridized carbons (Fsp3) is 0.333. The van der Waals surface area contributed by atoms with Crippen LogP contribution in [0.2, 0.25) is 0 Å². The number of hydrazine groups is 1. The van der Waals surface area contributed by atoms with Gasteiger partial charge in [-0.1, -0.05) is 0 Å². The topological polar surface area (TPSA) is 41.3 Å². The largest absolute Gasteiger partial charge is 0.432 e. The van der Waals surface area contributed by atoms with Gasteiger partial charge in [0.1, 0.15) is 11.5 Å². The van der Waals surface area contributed by atoms with Gasteiger partial charge in [-0.3, -0.25) is 10.4 Å². The summed E-state index contributed by atoms with van der Waals surface area (Å²) in [6.45, 7) is 0. The first-order valence-electron chi connectivity index (χ1n) is 3.27. The molecule has 0 spiro atoms. The molecule has 1 rings (SSSR count). The minimum atomic E-state index is -4.39. The first-order chi connectivity index (χ1) is 5.82. The molecule has 0 saturated heterocycles. The van der Waals surface area contributed by atoms with Gasteiger partial charge in [0.15, 0.2) is 0 Å². The molecule has 0 atom stereocenters. The zero-order valence-electron chi connectivity index (χ0n) is 6.61. The summed E-state index contributed by atoms with van der Waals surface area (Å²) >= 11 is 2.90. The lowest BCUT2D eigenvalue weighted by Gasteiger charge is -2.29. The monoisotopic (exact) mass is 257 g/mol. The van der Waals surface area contributed by atoms with Crippen molar-refractivity contribution in [3.8, 4) is 0 Å².